The average Bonchev–Trinajstić information content (AvgIpc) is 3.11. The zero-order valence-electron chi connectivity index (χ0n) is 18.9. The number of amidine groups is 1. The fourth-order valence-electron chi connectivity index (χ4n) is 3.17. The Labute approximate surface area is 197 Å². The Morgan fingerprint density at radius 2 is 1.82 bits per heavy atom. The summed E-state index contributed by atoms with van der Waals surface area (Å²) in [7, 11) is 6.06. The van der Waals surface area contributed by atoms with Gasteiger partial charge in [0.2, 0.25) is 11.8 Å². The summed E-state index contributed by atoms with van der Waals surface area (Å²) >= 11 is 1.24. The molecule has 9 nitrogen and oxygen atoms in total. The molecule has 1 aliphatic rings. The number of para-hydroxylation sites is 1. The number of rotatable bonds is 10. The lowest BCUT2D eigenvalue weighted by atomic mass is 10.2. The summed E-state index contributed by atoms with van der Waals surface area (Å²) in [4.78, 5) is 32.0. The zero-order valence-corrected chi connectivity index (χ0v) is 19.8. The van der Waals surface area contributed by atoms with E-state index in [1.807, 2.05) is 30.3 Å². The second-order valence-corrected chi connectivity index (χ2v) is 8.17. The van der Waals surface area contributed by atoms with E-state index in [1.165, 1.54) is 38.0 Å². The molecule has 2 aromatic rings. The molecule has 3 rings (SSSR count). The quantitative estimate of drug-likeness (QED) is 0.529. The summed E-state index contributed by atoms with van der Waals surface area (Å²) in [5.74, 6) is 0.518. The molecule has 0 saturated carbocycles. The second kappa shape index (κ2) is 11.7. The van der Waals surface area contributed by atoms with E-state index in [4.69, 9.17) is 18.9 Å². The molecular formula is C23H27N3O6S. The molecule has 0 aliphatic carbocycles. The average molecular weight is 474 g/mol. The predicted octanol–water partition coefficient (Wildman–Crippen LogP) is 3.28. The van der Waals surface area contributed by atoms with Crippen molar-refractivity contribution in [2.45, 2.75) is 18.0 Å². The molecule has 0 radical (unpaired) electrons. The topological polar surface area (TPSA) is 98.7 Å². The van der Waals surface area contributed by atoms with Gasteiger partial charge in [-0.25, -0.2) is 4.99 Å². The SMILES string of the molecule is COc1ccc(NC(=O)C[C@@H]2SC(=Nc3ccccc3)N(CC(OC)OC)C2=O)c(OC)c1. The molecule has 2 amide bonds. The number of nitrogens with zero attached hydrogens (tertiary/aromatic N) is 2. The third-order valence-electron chi connectivity index (χ3n) is 4.91. The fraction of sp³-hybridized carbons (Fsp3) is 0.348. The van der Waals surface area contributed by atoms with Gasteiger partial charge in [-0.1, -0.05) is 30.0 Å². The van der Waals surface area contributed by atoms with E-state index >= 15 is 0 Å². The summed E-state index contributed by atoms with van der Waals surface area (Å²) in [6, 6.07) is 14.4. The first kappa shape index (κ1) is 24.6. The largest absolute Gasteiger partial charge is 0.497 e. The minimum atomic E-state index is -0.633. The van der Waals surface area contributed by atoms with Crippen LogP contribution in [0.15, 0.2) is 53.5 Å². The van der Waals surface area contributed by atoms with Crippen LogP contribution < -0.4 is 14.8 Å². The predicted molar refractivity (Wildman–Crippen MR) is 127 cm³/mol. The number of benzene rings is 2. The molecule has 0 unspecified atom stereocenters. The van der Waals surface area contributed by atoms with Gasteiger partial charge in [0, 0.05) is 26.7 Å². The summed E-state index contributed by atoms with van der Waals surface area (Å²) in [6.45, 7) is 0.162. The molecule has 1 saturated heterocycles. The van der Waals surface area contributed by atoms with Crippen LogP contribution in [-0.4, -0.2) is 68.4 Å². The van der Waals surface area contributed by atoms with Crippen LogP contribution in [0.2, 0.25) is 0 Å². The Balaban J connectivity index is 1.76. The molecule has 0 spiro atoms. The number of ether oxygens (including phenoxy) is 4. The molecule has 1 atom stereocenters. The van der Waals surface area contributed by atoms with Crippen molar-refractivity contribution in [2.24, 2.45) is 4.99 Å². The van der Waals surface area contributed by atoms with Gasteiger partial charge in [0.15, 0.2) is 11.5 Å². The minimum Gasteiger partial charge on any atom is -0.497 e. The molecule has 1 fully saturated rings. The van der Waals surface area contributed by atoms with E-state index < -0.39 is 11.5 Å². The highest BCUT2D eigenvalue weighted by atomic mass is 32.2. The van der Waals surface area contributed by atoms with E-state index in [2.05, 4.69) is 10.3 Å². The number of aliphatic imine (C=N–C) groups is 1. The number of nitrogens with one attached hydrogen (secondary N) is 1. The van der Waals surface area contributed by atoms with E-state index in [-0.39, 0.29) is 24.8 Å². The summed E-state index contributed by atoms with van der Waals surface area (Å²) < 4.78 is 21.0. The van der Waals surface area contributed by atoms with Gasteiger partial charge < -0.3 is 24.3 Å². The van der Waals surface area contributed by atoms with Crippen LogP contribution in [0.3, 0.4) is 0 Å². The standard InChI is InChI=1S/C23H27N3O6S/c1-29-16-10-11-17(18(12-16)30-2)25-20(27)13-19-22(28)26(14-21(31-3)32-4)23(33-19)24-15-8-6-5-7-9-15/h5-12,19,21H,13-14H2,1-4H3,(H,25,27)/t19-/m0/s1. The summed E-state index contributed by atoms with van der Waals surface area (Å²) in [5.41, 5.74) is 1.20. The maximum absolute atomic E-state index is 13.2. The number of thioether (sulfide) groups is 1. The molecule has 1 heterocycles. The maximum Gasteiger partial charge on any atom is 0.242 e. The third kappa shape index (κ3) is 6.25. The number of hydrogen-bond acceptors (Lipinski definition) is 8. The first-order chi connectivity index (χ1) is 16.0. The lowest BCUT2D eigenvalue weighted by Crippen LogP contribution is -2.40. The normalized spacial score (nSPS) is 17.0. The summed E-state index contributed by atoms with van der Waals surface area (Å²) in [5, 5.41) is 2.67. The monoisotopic (exact) mass is 473 g/mol. The van der Waals surface area contributed by atoms with E-state index in [0.717, 1.165) is 0 Å². The van der Waals surface area contributed by atoms with Gasteiger partial charge in [-0.05, 0) is 24.3 Å². The molecule has 1 aliphatic heterocycles. The number of methoxy groups -OCH3 is 4. The molecule has 2 aromatic carbocycles. The van der Waals surface area contributed by atoms with Crippen molar-refractivity contribution < 1.29 is 28.5 Å². The Morgan fingerprint density at radius 3 is 2.45 bits per heavy atom. The van der Waals surface area contributed by atoms with Crippen LogP contribution in [0.5, 0.6) is 11.5 Å². The van der Waals surface area contributed by atoms with Crippen LogP contribution >= 0.6 is 11.8 Å². The van der Waals surface area contributed by atoms with Crippen molar-refractivity contribution in [3.63, 3.8) is 0 Å². The minimum absolute atomic E-state index is 0.0341. The fourth-order valence-corrected chi connectivity index (χ4v) is 4.34. The number of carbonyl (C=O) groups excluding carboxylic acids is 2. The number of anilines is 1. The van der Waals surface area contributed by atoms with Gasteiger partial charge in [-0.15, -0.1) is 0 Å². The van der Waals surface area contributed by atoms with Gasteiger partial charge in [0.05, 0.1) is 32.1 Å². The second-order valence-electron chi connectivity index (χ2n) is 7.00. The lowest BCUT2D eigenvalue weighted by Gasteiger charge is -2.21. The first-order valence-electron chi connectivity index (χ1n) is 10.2. The van der Waals surface area contributed by atoms with Crippen molar-refractivity contribution in [3.05, 3.63) is 48.5 Å². The van der Waals surface area contributed by atoms with Crippen molar-refractivity contribution in [1.82, 2.24) is 4.90 Å². The van der Waals surface area contributed by atoms with E-state index in [0.29, 0.717) is 28.0 Å². The smallest absolute Gasteiger partial charge is 0.242 e. The number of hydrogen-bond donors (Lipinski definition) is 1. The van der Waals surface area contributed by atoms with Gasteiger partial charge in [-0.2, -0.15) is 0 Å². The maximum atomic E-state index is 13.2. The Hall–Kier alpha value is -3.08. The van der Waals surface area contributed by atoms with E-state index in [9.17, 15) is 9.59 Å². The Kier molecular flexibility index (Phi) is 8.70. The van der Waals surface area contributed by atoms with Crippen molar-refractivity contribution in [2.75, 3.05) is 40.3 Å². The molecular weight excluding hydrogens is 446 g/mol. The van der Waals surface area contributed by atoms with Crippen molar-refractivity contribution in [1.29, 1.82) is 0 Å². The molecule has 33 heavy (non-hydrogen) atoms. The van der Waals surface area contributed by atoms with Gasteiger partial charge in [0.25, 0.3) is 0 Å². The van der Waals surface area contributed by atoms with Crippen molar-refractivity contribution in [3.8, 4) is 11.5 Å². The summed E-state index contributed by atoms with van der Waals surface area (Å²) in [6.07, 6.45) is -0.653. The van der Waals surface area contributed by atoms with Gasteiger partial charge in [0.1, 0.15) is 16.7 Å². The van der Waals surface area contributed by atoms with Crippen LogP contribution in [-0.2, 0) is 19.1 Å². The van der Waals surface area contributed by atoms with E-state index in [1.54, 1.807) is 25.3 Å². The van der Waals surface area contributed by atoms with Crippen LogP contribution in [0.1, 0.15) is 6.42 Å². The highest BCUT2D eigenvalue weighted by Crippen LogP contribution is 2.33. The highest BCUT2D eigenvalue weighted by Gasteiger charge is 2.40. The molecule has 0 aromatic heterocycles. The highest BCUT2D eigenvalue weighted by molar-refractivity contribution is 8.15. The Bertz CT molecular complexity index is 997. The Morgan fingerprint density at radius 1 is 1.09 bits per heavy atom. The van der Waals surface area contributed by atoms with Crippen LogP contribution in [0.4, 0.5) is 11.4 Å². The molecule has 10 heteroatoms. The van der Waals surface area contributed by atoms with Crippen molar-refractivity contribution >= 4 is 40.1 Å². The number of carbonyl (C=O) groups is 2. The van der Waals surface area contributed by atoms with Gasteiger partial charge in [-0.3, -0.25) is 14.5 Å². The molecule has 176 valence electrons. The van der Waals surface area contributed by atoms with Crippen LogP contribution in [0, 0.1) is 0 Å². The zero-order chi connectivity index (χ0) is 23.8. The molecule has 0 bridgehead atoms. The number of amides is 2. The first-order valence-corrected chi connectivity index (χ1v) is 11.1. The van der Waals surface area contributed by atoms with Crippen LogP contribution in [0.25, 0.3) is 0 Å². The third-order valence-corrected chi connectivity index (χ3v) is 6.09. The van der Waals surface area contributed by atoms with Gasteiger partial charge >= 0.3 is 0 Å². The molecule has 1 N–H and O–H groups in total. The lowest BCUT2D eigenvalue weighted by molar-refractivity contribution is -0.138.